The number of benzene rings is 1. The third-order valence-corrected chi connectivity index (χ3v) is 5.09. The zero-order valence-electron chi connectivity index (χ0n) is 10.7. The van der Waals surface area contributed by atoms with Gasteiger partial charge >= 0.3 is 0 Å². The van der Waals surface area contributed by atoms with Gasteiger partial charge in [0, 0.05) is 21.0 Å². The average Bonchev–Trinajstić information content (AvgIpc) is 2.35. The van der Waals surface area contributed by atoms with Gasteiger partial charge in [-0.25, -0.2) is 0 Å². The van der Waals surface area contributed by atoms with Crippen LogP contribution in [0, 0.1) is 17.8 Å². The van der Waals surface area contributed by atoms with Gasteiger partial charge in [-0.05, 0) is 49.3 Å². The Bertz CT molecular complexity index is 458. The van der Waals surface area contributed by atoms with E-state index in [0.29, 0.717) is 10.9 Å². The molecule has 1 nitrogen and oxygen atoms in total. The lowest BCUT2D eigenvalue weighted by molar-refractivity contribution is 0.0837. The number of carbonyl (C=O) groups is 1. The number of rotatable bonds is 2. The van der Waals surface area contributed by atoms with Crippen molar-refractivity contribution in [3.05, 3.63) is 33.3 Å². The quantitative estimate of drug-likeness (QED) is 0.668. The molecule has 1 aromatic rings. The Morgan fingerprint density at radius 2 is 2.00 bits per heavy atom. The molecule has 2 rings (SSSR count). The standard InChI is InChI=1S/C15H18BrClO/c1-9-3-4-11(7-10(9)2)15(18)13-8-12(17)5-6-14(13)16/h5-6,8-11H,3-4,7H2,1-2H3. The van der Waals surface area contributed by atoms with Crippen LogP contribution in [0.15, 0.2) is 22.7 Å². The van der Waals surface area contributed by atoms with Gasteiger partial charge in [0.25, 0.3) is 0 Å². The molecule has 0 aliphatic heterocycles. The van der Waals surface area contributed by atoms with Gasteiger partial charge in [-0.15, -0.1) is 0 Å². The average molecular weight is 330 g/mol. The van der Waals surface area contributed by atoms with E-state index in [1.54, 1.807) is 12.1 Å². The predicted octanol–water partition coefficient (Wildman–Crippen LogP) is 5.36. The fourth-order valence-electron chi connectivity index (χ4n) is 2.69. The van der Waals surface area contributed by atoms with Crippen molar-refractivity contribution in [2.45, 2.75) is 33.1 Å². The molecule has 3 atom stereocenters. The highest BCUT2D eigenvalue weighted by molar-refractivity contribution is 9.10. The monoisotopic (exact) mass is 328 g/mol. The Morgan fingerprint density at radius 3 is 2.67 bits per heavy atom. The van der Waals surface area contributed by atoms with Gasteiger partial charge < -0.3 is 0 Å². The Balaban J connectivity index is 2.19. The van der Waals surface area contributed by atoms with Crippen molar-refractivity contribution in [3.8, 4) is 0 Å². The smallest absolute Gasteiger partial charge is 0.167 e. The Labute approximate surface area is 122 Å². The van der Waals surface area contributed by atoms with Crippen LogP contribution in [-0.2, 0) is 0 Å². The Morgan fingerprint density at radius 1 is 1.28 bits per heavy atom. The van der Waals surface area contributed by atoms with Crippen LogP contribution in [0.3, 0.4) is 0 Å². The fraction of sp³-hybridized carbons (Fsp3) is 0.533. The molecule has 0 bridgehead atoms. The van der Waals surface area contributed by atoms with E-state index in [-0.39, 0.29) is 11.7 Å². The molecule has 3 heteroatoms. The number of halogens is 2. The maximum absolute atomic E-state index is 12.5. The maximum Gasteiger partial charge on any atom is 0.167 e. The molecule has 1 aliphatic rings. The summed E-state index contributed by atoms with van der Waals surface area (Å²) >= 11 is 9.42. The molecule has 0 aromatic heterocycles. The summed E-state index contributed by atoms with van der Waals surface area (Å²) in [5.74, 6) is 1.76. The van der Waals surface area contributed by atoms with Crippen LogP contribution in [-0.4, -0.2) is 5.78 Å². The molecule has 0 saturated heterocycles. The third kappa shape index (κ3) is 2.97. The first-order valence-electron chi connectivity index (χ1n) is 6.48. The molecule has 1 aromatic carbocycles. The molecule has 1 fully saturated rings. The second kappa shape index (κ2) is 5.75. The van der Waals surface area contributed by atoms with E-state index < -0.39 is 0 Å². The van der Waals surface area contributed by atoms with Crippen molar-refractivity contribution < 1.29 is 4.79 Å². The highest BCUT2D eigenvalue weighted by Gasteiger charge is 2.30. The summed E-state index contributed by atoms with van der Waals surface area (Å²) in [5, 5.41) is 0.624. The molecule has 0 heterocycles. The van der Waals surface area contributed by atoms with Gasteiger partial charge in [-0.3, -0.25) is 4.79 Å². The molecule has 18 heavy (non-hydrogen) atoms. The minimum atomic E-state index is 0.158. The largest absolute Gasteiger partial charge is 0.294 e. The Hall–Kier alpha value is -0.340. The van der Waals surface area contributed by atoms with Crippen molar-refractivity contribution in [2.24, 2.45) is 17.8 Å². The lowest BCUT2D eigenvalue weighted by Gasteiger charge is -2.31. The van der Waals surface area contributed by atoms with Crippen molar-refractivity contribution >= 4 is 33.3 Å². The SMILES string of the molecule is CC1CCC(C(=O)c2cc(Cl)ccc2Br)CC1C. The maximum atomic E-state index is 12.5. The second-order valence-electron chi connectivity index (χ2n) is 5.45. The van der Waals surface area contributed by atoms with E-state index in [4.69, 9.17) is 11.6 Å². The van der Waals surface area contributed by atoms with Crippen LogP contribution in [0.1, 0.15) is 43.5 Å². The van der Waals surface area contributed by atoms with Crippen molar-refractivity contribution in [1.82, 2.24) is 0 Å². The number of carbonyl (C=O) groups excluding carboxylic acids is 1. The fourth-order valence-corrected chi connectivity index (χ4v) is 3.31. The van der Waals surface area contributed by atoms with Crippen molar-refractivity contribution in [3.63, 3.8) is 0 Å². The molecule has 3 unspecified atom stereocenters. The predicted molar refractivity (Wildman–Crippen MR) is 79.2 cm³/mol. The first kappa shape index (κ1) is 14.1. The second-order valence-corrected chi connectivity index (χ2v) is 6.74. The summed E-state index contributed by atoms with van der Waals surface area (Å²) in [6.45, 7) is 4.53. The van der Waals surface area contributed by atoms with Crippen molar-refractivity contribution in [1.29, 1.82) is 0 Å². The lowest BCUT2D eigenvalue weighted by Crippen LogP contribution is -2.26. The minimum absolute atomic E-state index is 0.158. The molecular formula is C15H18BrClO. The molecule has 0 amide bonds. The lowest BCUT2D eigenvalue weighted by atomic mass is 9.73. The van der Waals surface area contributed by atoms with Crippen LogP contribution < -0.4 is 0 Å². The molecule has 1 aliphatic carbocycles. The van der Waals surface area contributed by atoms with Gasteiger partial charge in [0.1, 0.15) is 0 Å². The molecule has 0 radical (unpaired) electrons. The molecule has 1 saturated carbocycles. The summed E-state index contributed by atoms with van der Waals surface area (Å²) in [5.41, 5.74) is 0.731. The van der Waals surface area contributed by atoms with Crippen LogP contribution in [0.5, 0.6) is 0 Å². The normalized spacial score (nSPS) is 28.1. The van der Waals surface area contributed by atoms with E-state index in [2.05, 4.69) is 29.8 Å². The summed E-state index contributed by atoms with van der Waals surface area (Å²) in [6, 6.07) is 5.43. The van der Waals surface area contributed by atoms with E-state index in [9.17, 15) is 4.79 Å². The molecule has 0 N–H and O–H groups in total. The van der Waals surface area contributed by atoms with E-state index in [1.807, 2.05) is 6.07 Å². The zero-order chi connectivity index (χ0) is 13.3. The number of hydrogen-bond donors (Lipinski definition) is 0. The highest BCUT2D eigenvalue weighted by atomic mass is 79.9. The van der Waals surface area contributed by atoms with Crippen LogP contribution in [0.2, 0.25) is 5.02 Å². The third-order valence-electron chi connectivity index (χ3n) is 4.16. The van der Waals surface area contributed by atoms with Gasteiger partial charge in [0.15, 0.2) is 5.78 Å². The number of ketones is 1. The van der Waals surface area contributed by atoms with Crippen LogP contribution >= 0.6 is 27.5 Å². The minimum Gasteiger partial charge on any atom is -0.294 e. The summed E-state index contributed by atoms with van der Waals surface area (Å²) in [7, 11) is 0. The summed E-state index contributed by atoms with van der Waals surface area (Å²) in [4.78, 5) is 12.5. The summed E-state index contributed by atoms with van der Waals surface area (Å²) < 4.78 is 0.850. The van der Waals surface area contributed by atoms with E-state index >= 15 is 0 Å². The van der Waals surface area contributed by atoms with Crippen LogP contribution in [0.25, 0.3) is 0 Å². The van der Waals surface area contributed by atoms with Gasteiger partial charge in [-0.1, -0.05) is 41.4 Å². The molecule has 0 spiro atoms. The van der Waals surface area contributed by atoms with Gasteiger partial charge in [0.05, 0.1) is 0 Å². The Kier molecular flexibility index (Phi) is 4.50. The van der Waals surface area contributed by atoms with E-state index in [1.165, 1.54) is 0 Å². The van der Waals surface area contributed by atoms with E-state index in [0.717, 1.165) is 35.2 Å². The van der Waals surface area contributed by atoms with Gasteiger partial charge in [0.2, 0.25) is 0 Å². The zero-order valence-corrected chi connectivity index (χ0v) is 13.1. The highest BCUT2D eigenvalue weighted by Crippen LogP contribution is 2.36. The number of hydrogen-bond acceptors (Lipinski definition) is 1. The summed E-state index contributed by atoms with van der Waals surface area (Å²) in [6.07, 6.45) is 3.15. The molecular weight excluding hydrogens is 312 g/mol. The van der Waals surface area contributed by atoms with Crippen molar-refractivity contribution in [2.75, 3.05) is 0 Å². The topological polar surface area (TPSA) is 17.1 Å². The van der Waals surface area contributed by atoms with Gasteiger partial charge in [-0.2, -0.15) is 0 Å². The molecule has 98 valence electrons. The number of Topliss-reactive ketones (excluding diaryl/α,β-unsaturated/α-hetero) is 1. The van der Waals surface area contributed by atoms with Crippen LogP contribution in [0.4, 0.5) is 0 Å². The first-order valence-corrected chi connectivity index (χ1v) is 7.65. The first-order chi connectivity index (χ1) is 8.49.